The van der Waals surface area contributed by atoms with Gasteiger partial charge in [0.15, 0.2) is 0 Å². The average Bonchev–Trinajstić information content (AvgIpc) is 3.75. The van der Waals surface area contributed by atoms with Gasteiger partial charge in [0.1, 0.15) is 0 Å². The van der Waals surface area contributed by atoms with Crippen molar-refractivity contribution in [1.82, 2.24) is 0 Å². The SMILES string of the molecule is C1=CC2=CC3=C(C4C(C=C1)C24)C1(c2cc(C(c4ccccc4)c4cccc5ccccc45)ccc23)c2ccccc2-c2ccccc21. The molecule has 0 aliphatic heterocycles. The van der Waals surface area contributed by atoms with Crippen molar-refractivity contribution >= 4 is 16.3 Å². The molecule has 1 saturated carbocycles. The third-order valence-corrected chi connectivity index (χ3v) is 11.8. The van der Waals surface area contributed by atoms with Crippen LogP contribution in [0.15, 0.2) is 181 Å². The smallest absolute Gasteiger partial charge is 0.0691 e. The molecule has 0 amide bonds. The standard InChI is InChI=1S/C47H32/c1-2-14-30(15-3-1)43(37-22-12-17-29-13-4-6-18-33(29)37)32-25-26-36-39-27-31-16-5-7-21-38-44(31)45(38)46(39)47(42(36)28-32)40-23-10-8-19-34(40)35-20-9-11-24-41(35)47/h1-28,38,43-45H. The molecule has 0 heterocycles. The summed E-state index contributed by atoms with van der Waals surface area (Å²) in [5, 5.41) is 2.61. The van der Waals surface area contributed by atoms with E-state index < -0.39 is 0 Å². The third-order valence-electron chi connectivity index (χ3n) is 11.8. The van der Waals surface area contributed by atoms with E-state index >= 15 is 0 Å². The van der Waals surface area contributed by atoms with Crippen LogP contribution in [0.1, 0.15) is 44.9 Å². The number of allylic oxidation sites excluding steroid dienone is 8. The summed E-state index contributed by atoms with van der Waals surface area (Å²) in [6, 6.07) is 52.8. The van der Waals surface area contributed by atoms with E-state index in [4.69, 9.17) is 0 Å². The molecule has 6 aromatic rings. The fourth-order valence-electron chi connectivity index (χ4n) is 10.0. The molecule has 1 spiro atoms. The molecule has 4 unspecified atom stereocenters. The van der Waals surface area contributed by atoms with Crippen molar-refractivity contribution in [3.8, 4) is 11.1 Å². The van der Waals surface area contributed by atoms with Gasteiger partial charge in [-0.05, 0) is 95.3 Å². The molecule has 0 aromatic heterocycles. The van der Waals surface area contributed by atoms with Gasteiger partial charge >= 0.3 is 0 Å². The van der Waals surface area contributed by atoms with Gasteiger partial charge in [0.2, 0.25) is 0 Å². The second kappa shape index (κ2) is 9.30. The molecular weight excluding hydrogens is 565 g/mol. The molecular formula is C47H32. The maximum Gasteiger partial charge on any atom is 0.0691 e. The summed E-state index contributed by atoms with van der Waals surface area (Å²) < 4.78 is 0. The third kappa shape index (κ3) is 3.28. The highest BCUT2D eigenvalue weighted by Crippen LogP contribution is 2.72. The minimum absolute atomic E-state index is 0.106. The van der Waals surface area contributed by atoms with Crippen LogP contribution in [0.3, 0.4) is 0 Å². The minimum Gasteiger partial charge on any atom is -0.0802 e. The molecule has 5 aliphatic rings. The van der Waals surface area contributed by atoms with E-state index in [2.05, 4.69) is 170 Å². The summed E-state index contributed by atoms with van der Waals surface area (Å²) in [6.07, 6.45) is 11.9. The van der Waals surface area contributed by atoms with Gasteiger partial charge in [-0.2, -0.15) is 0 Å². The Kier molecular flexibility index (Phi) is 5.09. The van der Waals surface area contributed by atoms with Crippen LogP contribution in [-0.2, 0) is 5.41 Å². The molecule has 11 rings (SSSR count). The van der Waals surface area contributed by atoms with Crippen molar-refractivity contribution in [3.63, 3.8) is 0 Å². The zero-order valence-electron chi connectivity index (χ0n) is 26.0. The average molecular weight is 597 g/mol. The van der Waals surface area contributed by atoms with E-state index in [-0.39, 0.29) is 11.3 Å². The minimum atomic E-state index is -0.301. The van der Waals surface area contributed by atoms with Crippen molar-refractivity contribution in [2.45, 2.75) is 11.3 Å². The molecule has 5 aliphatic carbocycles. The van der Waals surface area contributed by atoms with Gasteiger partial charge in [0.05, 0.1) is 5.41 Å². The van der Waals surface area contributed by atoms with Crippen LogP contribution in [0.25, 0.3) is 27.5 Å². The van der Waals surface area contributed by atoms with Gasteiger partial charge in [-0.15, -0.1) is 0 Å². The van der Waals surface area contributed by atoms with Gasteiger partial charge in [0.25, 0.3) is 0 Å². The molecule has 0 radical (unpaired) electrons. The Morgan fingerprint density at radius 2 is 1.26 bits per heavy atom. The Balaban J connectivity index is 1.23. The number of fused-ring (bicyclic) bond motifs is 12. The van der Waals surface area contributed by atoms with Crippen molar-refractivity contribution in [2.24, 2.45) is 17.8 Å². The first kappa shape index (κ1) is 25.7. The maximum atomic E-state index is 2.61. The number of hydrogen-bond donors (Lipinski definition) is 0. The zero-order valence-corrected chi connectivity index (χ0v) is 26.0. The second-order valence-electron chi connectivity index (χ2n) is 13.9. The lowest BCUT2D eigenvalue weighted by Crippen LogP contribution is -2.29. The first-order valence-electron chi connectivity index (χ1n) is 17.0. The highest BCUT2D eigenvalue weighted by molar-refractivity contribution is 5.99. The number of benzene rings is 6. The summed E-state index contributed by atoms with van der Waals surface area (Å²) in [6.45, 7) is 0. The van der Waals surface area contributed by atoms with E-state index in [0.717, 1.165) is 0 Å². The van der Waals surface area contributed by atoms with Gasteiger partial charge in [-0.25, -0.2) is 0 Å². The lowest BCUT2D eigenvalue weighted by Gasteiger charge is -2.34. The van der Waals surface area contributed by atoms with Crippen molar-refractivity contribution < 1.29 is 0 Å². The Hall–Kier alpha value is -5.46. The summed E-state index contributed by atoms with van der Waals surface area (Å²) in [5.41, 5.74) is 16.8. The van der Waals surface area contributed by atoms with Crippen molar-refractivity contribution in [3.05, 3.63) is 220 Å². The van der Waals surface area contributed by atoms with Gasteiger partial charge in [-0.3, -0.25) is 0 Å². The molecule has 6 aromatic carbocycles. The Morgan fingerprint density at radius 1 is 0.532 bits per heavy atom. The van der Waals surface area contributed by atoms with Gasteiger partial charge < -0.3 is 0 Å². The highest BCUT2D eigenvalue weighted by atomic mass is 14.7. The Bertz CT molecular complexity index is 2380. The largest absolute Gasteiger partial charge is 0.0802 e. The molecule has 0 heteroatoms. The van der Waals surface area contributed by atoms with Crippen molar-refractivity contribution in [1.29, 1.82) is 0 Å². The molecule has 0 saturated heterocycles. The van der Waals surface area contributed by atoms with Gasteiger partial charge in [0, 0.05) is 5.92 Å². The zero-order chi connectivity index (χ0) is 30.7. The number of hydrogen-bond acceptors (Lipinski definition) is 0. The molecule has 0 nitrogen and oxygen atoms in total. The molecule has 0 bridgehead atoms. The highest BCUT2D eigenvalue weighted by Gasteiger charge is 2.64. The predicted molar refractivity (Wildman–Crippen MR) is 193 cm³/mol. The Labute approximate surface area is 275 Å². The fourth-order valence-corrected chi connectivity index (χ4v) is 10.0. The summed E-state index contributed by atoms with van der Waals surface area (Å²) in [7, 11) is 0. The first-order chi connectivity index (χ1) is 23.3. The summed E-state index contributed by atoms with van der Waals surface area (Å²) in [4.78, 5) is 0. The molecule has 220 valence electrons. The van der Waals surface area contributed by atoms with E-state index in [1.807, 2.05) is 0 Å². The van der Waals surface area contributed by atoms with Gasteiger partial charge in [-0.1, -0.05) is 170 Å². The van der Waals surface area contributed by atoms with Crippen LogP contribution in [0, 0.1) is 17.8 Å². The van der Waals surface area contributed by atoms with Crippen LogP contribution in [0.2, 0.25) is 0 Å². The van der Waals surface area contributed by atoms with Crippen LogP contribution in [0.4, 0.5) is 0 Å². The maximum absolute atomic E-state index is 2.61. The monoisotopic (exact) mass is 596 g/mol. The van der Waals surface area contributed by atoms with Crippen LogP contribution in [-0.4, -0.2) is 0 Å². The predicted octanol–water partition coefficient (Wildman–Crippen LogP) is 11.0. The molecule has 0 N–H and O–H groups in total. The normalized spacial score (nSPS) is 22.2. The molecule has 4 atom stereocenters. The van der Waals surface area contributed by atoms with Crippen LogP contribution >= 0.6 is 0 Å². The lowest BCUT2D eigenvalue weighted by molar-refractivity contribution is 0.679. The topological polar surface area (TPSA) is 0 Å². The van der Waals surface area contributed by atoms with E-state index in [0.29, 0.717) is 17.8 Å². The fraction of sp³-hybridized carbons (Fsp3) is 0.106. The second-order valence-corrected chi connectivity index (χ2v) is 13.9. The first-order valence-corrected chi connectivity index (χ1v) is 17.0. The van der Waals surface area contributed by atoms with E-state index in [1.54, 1.807) is 5.57 Å². The quantitative estimate of drug-likeness (QED) is 0.178. The summed E-state index contributed by atoms with van der Waals surface area (Å²) >= 11 is 0. The molecule has 1 fully saturated rings. The lowest BCUT2D eigenvalue weighted by atomic mass is 9.66. The van der Waals surface area contributed by atoms with Crippen LogP contribution < -0.4 is 0 Å². The number of rotatable bonds is 3. The summed E-state index contributed by atoms with van der Waals surface area (Å²) in [5.74, 6) is 1.75. The van der Waals surface area contributed by atoms with E-state index in [9.17, 15) is 0 Å². The van der Waals surface area contributed by atoms with E-state index in [1.165, 1.54) is 72.0 Å². The molecule has 47 heavy (non-hydrogen) atoms. The van der Waals surface area contributed by atoms with Crippen LogP contribution in [0.5, 0.6) is 0 Å². The Morgan fingerprint density at radius 3 is 2.09 bits per heavy atom. The van der Waals surface area contributed by atoms with Crippen molar-refractivity contribution in [2.75, 3.05) is 0 Å².